The molecule has 0 aliphatic carbocycles. The molecule has 2 N–H and O–H groups in total. The molecule has 0 fully saturated rings. The van der Waals surface area contributed by atoms with Crippen molar-refractivity contribution in [2.24, 2.45) is 5.73 Å². The van der Waals surface area contributed by atoms with Crippen molar-refractivity contribution in [2.45, 2.75) is 13.0 Å². The minimum Gasteiger partial charge on any atom is -0.436 e. The Morgan fingerprint density at radius 1 is 1.42 bits per heavy atom. The van der Waals surface area contributed by atoms with Gasteiger partial charge in [-0.1, -0.05) is 6.07 Å². The molecule has 0 radical (unpaired) electrons. The lowest BCUT2D eigenvalue weighted by molar-refractivity contribution is 0.419. The van der Waals surface area contributed by atoms with Gasteiger partial charge in [-0.25, -0.2) is 9.37 Å². The van der Waals surface area contributed by atoms with Crippen molar-refractivity contribution in [3.05, 3.63) is 53.5 Å². The first kappa shape index (κ1) is 13.0. The van der Waals surface area contributed by atoms with Gasteiger partial charge in [0.1, 0.15) is 0 Å². The molecule has 0 bridgehead atoms. The van der Waals surface area contributed by atoms with E-state index >= 15 is 0 Å². The highest BCUT2D eigenvalue weighted by Gasteiger charge is 2.12. The van der Waals surface area contributed by atoms with Gasteiger partial charge in [0.05, 0.1) is 11.6 Å². The van der Waals surface area contributed by atoms with E-state index < -0.39 is 5.82 Å². The van der Waals surface area contributed by atoms with Crippen LogP contribution in [0.1, 0.15) is 24.1 Å². The largest absolute Gasteiger partial charge is 0.436 e. The summed E-state index contributed by atoms with van der Waals surface area (Å²) in [5, 5.41) is 8.67. The predicted molar refractivity (Wildman–Crippen MR) is 68.0 cm³/mol. The van der Waals surface area contributed by atoms with Gasteiger partial charge < -0.3 is 10.5 Å². The van der Waals surface area contributed by atoms with E-state index in [1.165, 1.54) is 12.1 Å². The summed E-state index contributed by atoms with van der Waals surface area (Å²) < 4.78 is 19.1. The van der Waals surface area contributed by atoms with Crippen molar-refractivity contribution in [3.63, 3.8) is 0 Å². The van der Waals surface area contributed by atoms with Crippen molar-refractivity contribution in [2.75, 3.05) is 0 Å². The Morgan fingerprint density at radius 3 is 2.84 bits per heavy atom. The topological polar surface area (TPSA) is 71.9 Å². The van der Waals surface area contributed by atoms with Crippen molar-refractivity contribution in [1.82, 2.24) is 4.98 Å². The van der Waals surface area contributed by atoms with E-state index in [0.29, 0.717) is 5.56 Å². The van der Waals surface area contributed by atoms with Gasteiger partial charge >= 0.3 is 0 Å². The number of benzene rings is 1. The normalized spacial score (nSPS) is 11.7. The fourth-order valence-electron chi connectivity index (χ4n) is 1.59. The lowest BCUT2D eigenvalue weighted by Gasteiger charge is -2.12. The fraction of sp³-hybridized carbons (Fsp3) is 0.143. The minimum absolute atomic E-state index is 0.0135. The maximum atomic E-state index is 13.7. The summed E-state index contributed by atoms with van der Waals surface area (Å²) in [6.45, 7) is 1.79. The van der Waals surface area contributed by atoms with Crippen LogP contribution in [0.15, 0.2) is 36.5 Å². The van der Waals surface area contributed by atoms with Crippen LogP contribution in [-0.4, -0.2) is 4.98 Å². The summed E-state index contributed by atoms with van der Waals surface area (Å²) >= 11 is 0. The van der Waals surface area contributed by atoms with Gasteiger partial charge in [0.15, 0.2) is 11.6 Å². The summed E-state index contributed by atoms with van der Waals surface area (Å²) in [6.07, 6.45) is 1.54. The molecule has 96 valence electrons. The third-order valence-electron chi connectivity index (χ3n) is 2.56. The zero-order valence-corrected chi connectivity index (χ0v) is 10.3. The van der Waals surface area contributed by atoms with Crippen LogP contribution in [0.3, 0.4) is 0 Å². The maximum absolute atomic E-state index is 13.7. The number of halogens is 1. The SMILES string of the molecule is C[C@@H](N)c1cccnc1Oc1ccc(C#N)cc1F. The standard InChI is InChI=1S/C14H12FN3O/c1-9(17)11-3-2-6-18-14(11)19-13-5-4-10(8-16)7-12(13)15/h2-7,9H,17H2,1H3/t9-/m1/s1. The number of ether oxygens (including phenoxy) is 1. The molecule has 0 spiro atoms. The first-order valence-electron chi connectivity index (χ1n) is 5.70. The van der Waals surface area contributed by atoms with Crippen LogP contribution in [0.5, 0.6) is 11.6 Å². The molecule has 1 aromatic carbocycles. The average Bonchev–Trinajstić information content (AvgIpc) is 2.41. The highest BCUT2D eigenvalue weighted by Crippen LogP contribution is 2.28. The van der Waals surface area contributed by atoms with Crippen LogP contribution >= 0.6 is 0 Å². The van der Waals surface area contributed by atoms with Gasteiger partial charge in [-0.2, -0.15) is 5.26 Å². The number of nitriles is 1. The second-order valence-electron chi connectivity index (χ2n) is 4.05. The third-order valence-corrected chi connectivity index (χ3v) is 2.56. The van der Waals surface area contributed by atoms with Gasteiger partial charge in [0.2, 0.25) is 5.88 Å². The van der Waals surface area contributed by atoms with Crippen molar-refractivity contribution in [3.8, 4) is 17.7 Å². The molecule has 2 aromatic rings. The minimum atomic E-state index is -0.611. The number of nitrogens with zero attached hydrogens (tertiary/aromatic N) is 2. The molecule has 0 saturated carbocycles. The molecule has 1 aromatic heterocycles. The van der Waals surface area contributed by atoms with Crippen LogP contribution in [0.25, 0.3) is 0 Å². The van der Waals surface area contributed by atoms with E-state index in [1.54, 1.807) is 25.3 Å². The van der Waals surface area contributed by atoms with Gasteiger partial charge in [-0.15, -0.1) is 0 Å². The Hall–Kier alpha value is -2.45. The first-order chi connectivity index (χ1) is 9.11. The molecule has 0 unspecified atom stereocenters. The van der Waals surface area contributed by atoms with Gasteiger partial charge in [0.25, 0.3) is 0 Å². The fourth-order valence-corrected chi connectivity index (χ4v) is 1.59. The van der Waals surface area contributed by atoms with Crippen molar-refractivity contribution in [1.29, 1.82) is 5.26 Å². The summed E-state index contributed by atoms with van der Waals surface area (Å²) in [7, 11) is 0. The lowest BCUT2D eigenvalue weighted by atomic mass is 10.1. The molecule has 0 amide bonds. The van der Waals surface area contributed by atoms with E-state index in [1.807, 2.05) is 6.07 Å². The van der Waals surface area contributed by atoms with Crippen molar-refractivity contribution >= 4 is 0 Å². The summed E-state index contributed by atoms with van der Waals surface area (Å²) in [5.41, 5.74) is 6.72. The smallest absolute Gasteiger partial charge is 0.224 e. The molecular weight excluding hydrogens is 245 g/mol. The molecule has 2 rings (SSSR count). The number of hydrogen-bond acceptors (Lipinski definition) is 4. The van der Waals surface area contributed by atoms with Crippen LogP contribution in [0, 0.1) is 17.1 Å². The lowest BCUT2D eigenvalue weighted by Crippen LogP contribution is -2.07. The monoisotopic (exact) mass is 257 g/mol. The van der Waals surface area contributed by atoms with Crippen LogP contribution < -0.4 is 10.5 Å². The number of pyridine rings is 1. The number of nitrogens with two attached hydrogens (primary N) is 1. The highest BCUT2D eigenvalue weighted by atomic mass is 19.1. The Kier molecular flexibility index (Phi) is 3.74. The van der Waals surface area contributed by atoms with E-state index in [0.717, 1.165) is 6.07 Å². The number of aromatic nitrogens is 1. The zero-order valence-electron chi connectivity index (χ0n) is 10.3. The molecule has 0 saturated heterocycles. The Balaban J connectivity index is 2.34. The summed E-state index contributed by atoms with van der Waals surface area (Å²) in [4.78, 5) is 4.05. The number of rotatable bonds is 3. The molecular formula is C14H12FN3O. The second-order valence-corrected chi connectivity index (χ2v) is 4.05. The molecule has 4 nitrogen and oxygen atoms in total. The van der Waals surface area contributed by atoms with Gasteiger partial charge in [0, 0.05) is 17.8 Å². The number of hydrogen-bond donors (Lipinski definition) is 1. The molecule has 1 heterocycles. The molecule has 5 heteroatoms. The first-order valence-corrected chi connectivity index (χ1v) is 5.70. The van der Waals surface area contributed by atoms with E-state index in [9.17, 15) is 4.39 Å². The van der Waals surface area contributed by atoms with Crippen LogP contribution in [-0.2, 0) is 0 Å². The predicted octanol–water partition coefficient (Wildman–Crippen LogP) is 2.90. The van der Waals surface area contributed by atoms with E-state index in [-0.39, 0.29) is 23.2 Å². The zero-order chi connectivity index (χ0) is 13.8. The molecule has 0 aliphatic rings. The van der Waals surface area contributed by atoms with Crippen LogP contribution in [0.4, 0.5) is 4.39 Å². The van der Waals surface area contributed by atoms with Crippen LogP contribution in [0.2, 0.25) is 0 Å². The maximum Gasteiger partial charge on any atom is 0.224 e. The quantitative estimate of drug-likeness (QED) is 0.917. The Labute approximate surface area is 110 Å². The molecule has 1 atom stereocenters. The molecule has 0 aliphatic heterocycles. The van der Waals surface area contributed by atoms with Gasteiger partial charge in [-0.05, 0) is 31.2 Å². The summed E-state index contributed by atoms with van der Waals surface area (Å²) in [6, 6.07) is 9.08. The van der Waals surface area contributed by atoms with E-state index in [4.69, 9.17) is 15.7 Å². The Bertz CT molecular complexity index is 635. The Morgan fingerprint density at radius 2 is 2.21 bits per heavy atom. The average molecular weight is 257 g/mol. The summed E-state index contributed by atoms with van der Waals surface area (Å²) in [5.74, 6) is -0.332. The van der Waals surface area contributed by atoms with Gasteiger partial charge in [-0.3, -0.25) is 0 Å². The third kappa shape index (κ3) is 2.87. The molecule has 19 heavy (non-hydrogen) atoms. The second kappa shape index (κ2) is 5.46. The van der Waals surface area contributed by atoms with E-state index in [2.05, 4.69) is 4.98 Å². The van der Waals surface area contributed by atoms with Crippen molar-refractivity contribution < 1.29 is 9.13 Å². The highest BCUT2D eigenvalue weighted by molar-refractivity contribution is 5.39.